The van der Waals surface area contributed by atoms with E-state index in [4.69, 9.17) is 0 Å². The number of anilines is 2. The van der Waals surface area contributed by atoms with E-state index < -0.39 is 0 Å². The highest BCUT2D eigenvalue weighted by molar-refractivity contribution is 5.54. The first kappa shape index (κ1) is 17.3. The lowest BCUT2D eigenvalue weighted by molar-refractivity contribution is 0.239. The van der Waals surface area contributed by atoms with Gasteiger partial charge in [-0.2, -0.15) is 0 Å². The molecule has 2 aromatic rings. The third-order valence-corrected chi connectivity index (χ3v) is 5.79. The third-order valence-electron chi connectivity index (χ3n) is 5.79. The van der Waals surface area contributed by atoms with Crippen molar-refractivity contribution >= 4 is 11.6 Å². The van der Waals surface area contributed by atoms with Crippen molar-refractivity contribution in [1.82, 2.24) is 9.97 Å². The van der Waals surface area contributed by atoms with Gasteiger partial charge in [-0.15, -0.1) is 0 Å². The highest BCUT2D eigenvalue weighted by atomic mass is 16.3. The summed E-state index contributed by atoms with van der Waals surface area (Å²) in [6.45, 7) is 7.54. The molecule has 0 bridgehead atoms. The molecule has 0 saturated carbocycles. The van der Waals surface area contributed by atoms with Gasteiger partial charge in [-0.25, -0.2) is 9.97 Å². The number of benzene rings is 1. The van der Waals surface area contributed by atoms with Crippen LogP contribution >= 0.6 is 0 Å². The molecule has 2 aliphatic heterocycles. The summed E-state index contributed by atoms with van der Waals surface area (Å²) in [6, 6.07) is 11.0. The van der Waals surface area contributed by atoms with Crippen molar-refractivity contribution in [1.29, 1.82) is 0 Å². The number of hydrogen-bond acceptors (Lipinski definition) is 5. The van der Waals surface area contributed by atoms with Crippen molar-refractivity contribution in [3.63, 3.8) is 0 Å². The minimum absolute atomic E-state index is 0.0821. The Kier molecular flexibility index (Phi) is 4.57. The molecule has 4 rings (SSSR count). The van der Waals surface area contributed by atoms with E-state index in [0.717, 1.165) is 44.1 Å². The highest BCUT2D eigenvalue weighted by Crippen LogP contribution is 2.35. The zero-order chi connectivity index (χ0) is 18.1. The van der Waals surface area contributed by atoms with Crippen LogP contribution in [0.1, 0.15) is 44.2 Å². The Balaban J connectivity index is 1.63. The second-order valence-corrected chi connectivity index (χ2v) is 8.16. The van der Waals surface area contributed by atoms with Gasteiger partial charge in [-0.3, -0.25) is 0 Å². The van der Waals surface area contributed by atoms with Crippen LogP contribution in [0, 0.1) is 0 Å². The Bertz CT molecular complexity index is 776. The molecule has 3 heterocycles. The lowest BCUT2D eigenvalue weighted by atomic mass is 9.78. The SMILES string of the molecule is CC1(C)CN(c2cc(N3CCCCC3CO)ncn2)Cc2ccccc21. The fourth-order valence-corrected chi connectivity index (χ4v) is 4.46. The van der Waals surface area contributed by atoms with E-state index in [2.05, 4.69) is 63.9 Å². The van der Waals surface area contributed by atoms with E-state index in [-0.39, 0.29) is 18.1 Å². The largest absolute Gasteiger partial charge is 0.394 e. The molecule has 2 aliphatic rings. The van der Waals surface area contributed by atoms with Crippen molar-refractivity contribution in [3.8, 4) is 0 Å². The van der Waals surface area contributed by atoms with Gasteiger partial charge < -0.3 is 14.9 Å². The minimum atomic E-state index is 0.0821. The van der Waals surface area contributed by atoms with E-state index in [1.165, 1.54) is 17.5 Å². The van der Waals surface area contributed by atoms with Gasteiger partial charge in [0.2, 0.25) is 0 Å². The molecule has 1 fully saturated rings. The Morgan fingerprint density at radius 2 is 1.96 bits per heavy atom. The van der Waals surface area contributed by atoms with E-state index in [1.807, 2.05) is 0 Å². The van der Waals surface area contributed by atoms with Crippen LogP contribution in [0.25, 0.3) is 0 Å². The highest BCUT2D eigenvalue weighted by Gasteiger charge is 2.32. The molecule has 5 heteroatoms. The lowest BCUT2D eigenvalue weighted by Crippen LogP contribution is -2.44. The maximum Gasteiger partial charge on any atom is 0.134 e. The topological polar surface area (TPSA) is 52.5 Å². The second-order valence-electron chi connectivity index (χ2n) is 8.16. The average Bonchev–Trinajstić information content (AvgIpc) is 2.67. The van der Waals surface area contributed by atoms with Crippen LogP contribution in [-0.4, -0.2) is 40.8 Å². The molecule has 138 valence electrons. The van der Waals surface area contributed by atoms with Crippen LogP contribution in [-0.2, 0) is 12.0 Å². The van der Waals surface area contributed by atoms with Gasteiger partial charge in [0, 0.05) is 31.1 Å². The summed E-state index contributed by atoms with van der Waals surface area (Å²) in [5.74, 6) is 1.91. The van der Waals surface area contributed by atoms with Crippen molar-refractivity contribution in [2.75, 3.05) is 29.5 Å². The number of piperidine rings is 1. The number of aliphatic hydroxyl groups is 1. The quantitative estimate of drug-likeness (QED) is 0.920. The number of aromatic nitrogens is 2. The summed E-state index contributed by atoms with van der Waals surface area (Å²) >= 11 is 0. The number of nitrogens with zero attached hydrogens (tertiary/aromatic N) is 4. The molecule has 0 spiro atoms. The maximum atomic E-state index is 9.72. The van der Waals surface area contributed by atoms with Crippen molar-refractivity contribution < 1.29 is 5.11 Å². The molecule has 1 saturated heterocycles. The zero-order valence-corrected chi connectivity index (χ0v) is 15.7. The summed E-state index contributed by atoms with van der Waals surface area (Å²) in [7, 11) is 0. The Labute approximate surface area is 155 Å². The van der Waals surface area contributed by atoms with Crippen LogP contribution < -0.4 is 9.80 Å². The molecule has 0 aliphatic carbocycles. The minimum Gasteiger partial charge on any atom is -0.394 e. The van der Waals surface area contributed by atoms with Crippen LogP contribution in [0.4, 0.5) is 11.6 Å². The number of hydrogen-bond donors (Lipinski definition) is 1. The summed E-state index contributed by atoms with van der Waals surface area (Å²) in [4.78, 5) is 13.7. The Hall–Kier alpha value is -2.14. The van der Waals surface area contributed by atoms with Crippen molar-refractivity contribution in [3.05, 3.63) is 47.8 Å². The van der Waals surface area contributed by atoms with E-state index >= 15 is 0 Å². The molecule has 1 atom stereocenters. The van der Waals surface area contributed by atoms with Crippen LogP contribution in [0.2, 0.25) is 0 Å². The standard InChI is InChI=1S/C21H28N4O/c1-21(2)14-24(12-16-7-3-4-9-18(16)21)19-11-20(23-15-22-19)25-10-6-5-8-17(25)13-26/h3-4,7,9,11,15,17,26H,5-6,8,10,12-14H2,1-2H3. The van der Waals surface area contributed by atoms with Crippen molar-refractivity contribution in [2.45, 2.75) is 51.1 Å². The normalized spacial score (nSPS) is 22.2. The molecule has 1 aromatic heterocycles. The fourth-order valence-electron chi connectivity index (χ4n) is 4.46. The first-order chi connectivity index (χ1) is 12.6. The van der Waals surface area contributed by atoms with Gasteiger partial charge in [-0.05, 0) is 30.4 Å². The molecule has 26 heavy (non-hydrogen) atoms. The molecule has 1 aromatic carbocycles. The smallest absolute Gasteiger partial charge is 0.134 e. The number of fused-ring (bicyclic) bond motifs is 1. The molecular weight excluding hydrogens is 324 g/mol. The van der Waals surface area contributed by atoms with Gasteiger partial charge in [-0.1, -0.05) is 38.1 Å². The summed E-state index contributed by atoms with van der Waals surface area (Å²) in [6.07, 6.45) is 5.03. The third kappa shape index (κ3) is 3.16. The summed E-state index contributed by atoms with van der Waals surface area (Å²) < 4.78 is 0. The first-order valence-electron chi connectivity index (χ1n) is 9.61. The van der Waals surface area contributed by atoms with Gasteiger partial charge in [0.05, 0.1) is 12.6 Å². The first-order valence-corrected chi connectivity index (χ1v) is 9.61. The van der Waals surface area contributed by atoms with E-state index in [9.17, 15) is 5.11 Å². The van der Waals surface area contributed by atoms with Crippen LogP contribution in [0.3, 0.4) is 0 Å². The second kappa shape index (κ2) is 6.88. The Morgan fingerprint density at radius 3 is 2.81 bits per heavy atom. The van der Waals surface area contributed by atoms with Crippen LogP contribution in [0.5, 0.6) is 0 Å². The zero-order valence-electron chi connectivity index (χ0n) is 15.7. The summed E-state index contributed by atoms with van der Waals surface area (Å²) in [5.41, 5.74) is 2.88. The van der Waals surface area contributed by atoms with Crippen molar-refractivity contribution in [2.24, 2.45) is 0 Å². The molecule has 5 nitrogen and oxygen atoms in total. The number of rotatable bonds is 3. The predicted octanol–water partition coefficient (Wildman–Crippen LogP) is 3.13. The Morgan fingerprint density at radius 1 is 1.15 bits per heavy atom. The van der Waals surface area contributed by atoms with Gasteiger partial charge in [0.15, 0.2) is 0 Å². The molecule has 1 N–H and O–H groups in total. The van der Waals surface area contributed by atoms with E-state index in [1.54, 1.807) is 6.33 Å². The molecule has 0 amide bonds. The fraction of sp³-hybridized carbons (Fsp3) is 0.524. The predicted molar refractivity (Wildman–Crippen MR) is 105 cm³/mol. The lowest BCUT2D eigenvalue weighted by Gasteiger charge is -2.41. The summed E-state index contributed by atoms with van der Waals surface area (Å²) in [5, 5.41) is 9.72. The van der Waals surface area contributed by atoms with Gasteiger partial charge in [0.1, 0.15) is 18.0 Å². The van der Waals surface area contributed by atoms with E-state index in [0.29, 0.717) is 0 Å². The average molecular weight is 352 g/mol. The monoisotopic (exact) mass is 352 g/mol. The number of aliphatic hydroxyl groups excluding tert-OH is 1. The maximum absolute atomic E-state index is 9.72. The van der Waals surface area contributed by atoms with Gasteiger partial charge >= 0.3 is 0 Å². The van der Waals surface area contributed by atoms with Gasteiger partial charge in [0.25, 0.3) is 0 Å². The van der Waals surface area contributed by atoms with Crippen LogP contribution in [0.15, 0.2) is 36.7 Å². The molecule has 1 unspecified atom stereocenters. The molecule has 0 radical (unpaired) electrons. The molecular formula is C21H28N4O.